The first-order valence-corrected chi connectivity index (χ1v) is 11.7. The van der Waals surface area contributed by atoms with Gasteiger partial charge in [-0.25, -0.2) is 70.7 Å². The van der Waals surface area contributed by atoms with Crippen LogP contribution >= 0.6 is 0 Å². The monoisotopic (exact) mass is 659 g/mol. The van der Waals surface area contributed by atoms with Crippen LogP contribution in [0.3, 0.4) is 0 Å². The zero-order valence-corrected chi connectivity index (χ0v) is 21.1. The van der Waals surface area contributed by atoms with E-state index >= 15 is 26.3 Å². The second-order valence-corrected chi connectivity index (χ2v) is 8.98. The molecule has 4 rings (SSSR count). The van der Waals surface area contributed by atoms with E-state index in [0.717, 1.165) is 12.1 Å². The highest BCUT2D eigenvalue weighted by Gasteiger charge is 2.47. The van der Waals surface area contributed by atoms with E-state index in [-0.39, 0.29) is 6.26 Å². The van der Waals surface area contributed by atoms with Gasteiger partial charge in [-0.3, -0.25) is 0 Å². The highest BCUT2D eigenvalue weighted by atomic mass is 19.2. The maximum atomic E-state index is 15.3. The summed E-state index contributed by atoms with van der Waals surface area (Å²) >= 11 is 0. The number of halogens is 15. The Bertz CT molecular complexity index is 1660. The van der Waals surface area contributed by atoms with Crippen molar-refractivity contribution in [1.82, 2.24) is 0 Å². The molecular weight excluding hydrogens is 652 g/mol. The molecule has 0 bridgehead atoms. The van der Waals surface area contributed by atoms with Crippen molar-refractivity contribution in [3.8, 4) is 0 Å². The van der Waals surface area contributed by atoms with E-state index in [4.69, 9.17) is 0 Å². The SMILES string of the molecule is O=C(O/C=C/[B-](c1c(F)c(F)c(F)c(F)c1F)(c1c(F)c(F)c(F)c(F)c1F)c1c(F)c(F)c(F)c(F)c1F)c1ccccc1. The predicted molar refractivity (Wildman–Crippen MR) is 124 cm³/mol. The lowest BCUT2D eigenvalue weighted by atomic mass is 9.15. The summed E-state index contributed by atoms with van der Waals surface area (Å²) in [6, 6.07) is 5.83. The molecule has 0 spiro atoms. The molecule has 0 N–H and O–H groups in total. The number of esters is 1. The maximum absolute atomic E-state index is 15.3. The van der Waals surface area contributed by atoms with Gasteiger partial charge < -0.3 is 4.74 Å². The lowest BCUT2D eigenvalue weighted by Gasteiger charge is -2.41. The molecular formula is C27H7BF15O2-. The third-order valence-corrected chi connectivity index (χ3v) is 6.65. The lowest BCUT2D eigenvalue weighted by molar-refractivity contribution is 0.0663. The van der Waals surface area contributed by atoms with Crippen molar-refractivity contribution in [3.05, 3.63) is 135 Å². The van der Waals surface area contributed by atoms with Crippen molar-refractivity contribution in [1.29, 1.82) is 0 Å². The minimum atomic E-state index is -5.98. The normalized spacial score (nSPS) is 11.9. The van der Waals surface area contributed by atoms with Gasteiger partial charge in [-0.2, -0.15) is 5.98 Å². The van der Waals surface area contributed by atoms with Crippen LogP contribution in [0.15, 0.2) is 42.6 Å². The molecule has 0 fully saturated rings. The Morgan fingerprint density at radius 1 is 0.444 bits per heavy atom. The predicted octanol–water partition coefficient (Wildman–Crippen LogP) is 6.15. The molecule has 4 aromatic carbocycles. The fourth-order valence-corrected chi connectivity index (χ4v) is 4.65. The summed E-state index contributed by atoms with van der Waals surface area (Å²) in [7, 11) is 0. The molecule has 0 atom stereocenters. The van der Waals surface area contributed by atoms with Crippen LogP contribution in [0.2, 0.25) is 0 Å². The quantitative estimate of drug-likeness (QED) is 0.0621. The van der Waals surface area contributed by atoms with Crippen LogP contribution in [0.5, 0.6) is 0 Å². The number of rotatable bonds is 6. The van der Waals surface area contributed by atoms with Crippen LogP contribution in [0.1, 0.15) is 10.4 Å². The van der Waals surface area contributed by atoms with Crippen molar-refractivity contribution < 1.29 is 75.4 Å². The van der Waals surface area contributed by atoms with Gasteiger partial charge in [0.2, 0.25) is 0 Å². The molecule has 0 radical (unpaired) electrons. The number of carbonyl (C=O) groups excluding carboxylic acids is 1. The summed E-state index contributed by atoms with van der Waals surface area (Å²) in [6.07, 6.45) is -6.29. The minimum absolute atomic E-state index is 0.316. The highest BCUT2D eigenvalue weighted by molar-refractivity contribution is 7.15. The van der Waals surface area contributed by atoms with Crippen LogP contribution in [0, 0.1) is 87.3 Å². The molecule has 0 amide bonds. The molecule has 236 valence electrons. The molecule has 0 saturated heterocycles. The Hall–Kier alpha value is -4.90. The van der Waals surface area contributed by atoms with Crippen LogP contribution in [0.4, 0.5) is 65.9 Å². The van der Waals surface area contributed by atoms with Crippen molar-refractivity contribution in [2.24, 2.45) is 0 Å². The van der Waals surface area contributed by atoms with E-state index < -0.39 is 127 Å². The summed E-state index contributed by atoms with van der Waals surface area (Å²) < 4.78 is 225. The first-order valence-electron chi connectivity index (χ1n) is 11.7. The van der Waals surface area contributed by atoms with E-state index in [1.165, 1.54) is 18.2 Å². The van der Waals surface area contributed by atoms with E-state index in [2.05, 4.69) is 4.74 Å². The smallest absolute Gasteiger partial charge is 0.342 e. The molecule has 0 heterocycles. The van der Waals surface area contributed by atoms with Gasteiger partial charge in [0.15, 0.2) is 52.4 Å². The molecule has 0 saturated carbocycles. The molecule has 45 heavy (non-hydrogen) atoms. The molecule has 2 nitrogen and oxygen atoms in total. The molecule has 0 unspecified atom stereocenters. The summed E-state index contributed by atoms with van der Waals surface area (Å²) in [5, 5.41) is 0. The van der Waals surface area contributed by atoms with Crippen LogP contribution < -0.4 is 16.4 Å². The first-order chi connectivity index (χ1) is 21.0. The molecule has 0 aliphatic heterocycles. The zero-order valence-electron chi connectivity index (χ0n) is 21.1. The third-order valence-electron chi connectivity index (χ3n) is 6.65. The second-order valence-electron chi connectivity index (χ2n) is 8.98. The van der Waals surface area contributed by atoms with Gasteiger partial charge in [0.25, 0.3) is 0 Å². The zero-order chi connectivity index (χ0) is 33.7. The van der Waals surface area contributed by atoms with Gasteiger partial charge in [0.1, 0.15) is 41.0 Å². The van der Waals surface area contributed by atoms with Crippen LogP contribution in [-0.2, 0) is 4.74 Å². The Balaban J connectivity index is 2.34. The first kappa shape index (κ1) is 33.0. The van der Waals surface area contributed by atoms with Crippen molar-refractivity contribution in [3.63, 3.8) is 0 Å². The van der Waals surface area contributed by atoms with Gasteiger partial charge in [-0.1, -0.05) is 18.2 Å². The molecule has 4 aromatic rings. The summed E-state index contributed by atoms with van der Waals surface area (Å²) in [5.74, 6) is -49.2. The van der Waals surface area contributed by atoms with Crippen molar-refractivity contribution in [2.75, 3.05) is 0 Å². The standard InChI is InChI=1S/C27H7BF15O2/c29-12-9(13(30)19(36)24(41)18(12)35)28(6-7-45-27(44)8-4-2-1-3-5-8,10-14(31)20(37)25(42)21(38)15(10)32)11-16(33)22(39)26(43)23(40)17(11)34/h1-7H/q-1/b7-6+. The number of hydrogen-bond donors (Lipinski definition) is 0. The molecule has 18 heteroatoms. The average molecular weight is 659 g/mol. The van der Waals surface area contributed by atoms with E-state index in [9.17, 15) is 44.3 Å². The summed E-state index contributed by atoms with van der Waals surface area (Å²) in [6.45, 7) is 0. The van der Waals surface area contributed by atoms with Gasteiger partial charge in [-0.05, 0) is 12.1 Å². The largest absolute Gasteiger partial charge is 0.435 e. The third kappa shape index (κ3) is 4.97. The van der Waals surface area contributed by atoms with Gasteiger partial charge in [-0.15, -0.1) is 16.4 Å². The van der Waals surface area contributed by atoms with Crippen molar-refractivity contribution >= 4 is 28.5 Å². The van der Waals surface area contributed by atoms with E-state index in [1.807, 2.05) is 0 Å². The highest BCUT2D eigenvalue weighted by Crippen LogP contribution is 2.28. The van der Waals surface area contributed by atoms with Gasteiger partial charge in [0, 0.05) is 0 Å². The summed E-state index contributed by atoms with van der Waals surface area (Å²) in [4.78, 5) is 12.4. The van der Waals surface area contributed by atoms with Crippen LogP contribution in [0.25, 0.3) is 0 Å². The Kier molecular flexibility index (Phi) is 8.72. The average Bonchev–Trinajstić information content (AvgIpc) is 3.03. The fourth-order valence-electron chi connectivity index (χ4n) is 4.65. The minimum Gasteiger partial charge on any atom is -0.435 e. The second kappa shape index (κ2) is 11.9. The molecule has 0 aromatic heterocycles. The van der Waals surface area contributed by atoms with E-state index in [0.29, 0.717) is 0 Å². The van der Waals surface area contributed by atoms with Gasteiger partial charge >= 0.3 is 5.97 Å². The number of ether oxygens (including phenoxy) is 1. The molecule has 0 aliphatic rings. The summed E-state index contributed by atoms with van der Waals surface area (Å²) in [5.41, 5.74) is -8.98. The Morgan fingerprint density at radius 3 is 1.00 bits per heavy atom. The van der Waals surface area contributed by atoms with E-state index in [1.54, 1.807) is 0 Å². The van der Waals surface area contributed by atoms with Crippen LogP contribution in [-0.4, -0.2) is 12.1 Å². The topological polar surface area (TPSA) is 26.3 Å². The number of hydrogen-bond acceptors (Lipinski definition) is 2. The Morgan fingerprint density at radius 2 is 0.711 bits per heavy atom. The maximum Gasteiger partial charge on any atom is 0.342 e. The fraction of sp³-hybridized carbons (Fsp3) is 0. The van der Waals surface area contributed by atoms with Crippen molar-refractivity contribution in [2.45, 2.75) is 0 Å². The van der Waals surface area contributed by atoms with Gasteiger partial charge in [0.05, 0.1) is 11.8 Å². The number of benzene rings is 4. The molecule has 0 aliphatic carbocycles. The lowest BCUT2D eigenvalue weighted by Crippen LogP contribution is -2.72. The Labute approximate surface area is 239 Å². The number of carbonyl (C=O) groups is 1.